The molecular weight excluding hydrogens is 286 g/mol. The van der Waals surface area contributed by atoms with Crippen LogP contribution in [0, 0.1) is 0 Å². The van der Waals surface area contributed by atoms with Gasteiger partial charge in [-0.15, -0.1) is 0 Å². The van der Waals surface area contributed by atoms with Crippen molar-refractivity contribution in [3.05, 3.63) is 52.4 Å². The highest BCUT2D eigenvalue weighted by Gasteiger charge is 2.15. The minimum Gasteiger partial charge on any atom is -0.392 e. The van der Waals surface area contributed by atoms with E-state index in [4.69, 9.17) is 11.6 Å². The number of benzene rings is 1. The summed E-state index contributed by atoms with van der Waals surface area (Å²) in [6.07, 6.45) is 2.81. The summed E-state index contributed by atoms with van der Waals surface area (Å²) < 4.78 is 3.96. The highest BCUT2D eigenvalue weighted by Crippen LogP contribution is 2.26. The molecule has 2 heterocycles. The third kappa shape index (κ3) is 2.34. The van der Waals surface area contributed by atoms with Crippen LogP contribution in [-0.2, 0) is 26.6 Å². The Labute approximate surface area is 128 Å². The fourth-order valence-electron chi connectivity index (χ4n) is 2.73. The number of aliphatic hydroxyl groups excluding tert-OH is 1. The van der Waals surface area contributed by atoms with E-state index >= 15 is 0 Å². The number of aromatic nitrogens is 3. The van der Waals surface area contributed by atoms with Crippen molar-refractivity contribution in [2.75, 3.05) is 0 Å². The number of nitrogens with zero attached hydrogens (tertiary/aromatic N) is 3. The lowest BCUT2D eigenvalue weighted by Crippen LogP contribution is -2.05. The van der Waals surface area contributed by atoms with Crippen molar-refractivity contribution in [2.24, 2.45) is 7.05 Å². The highest BCUT2D eigenvalue weighted by molar-refractivity contribution is 6.31. The second kappa shape index (κ2) is 5.54. The van der Waals surface area contributed by atoms with Crippen LogP contribution in [0.5, 0.6) is 0 Å². The van der Waals surface area contributed by atoms with Crippen molar-refractivity contribution in [3.8, 4) is 0 Å². The van der Waals surface area contributed by atoms with E-state index in [1.807, 2.05) is 43.0 Å². The molecule has 0 saturated carbocycles. The smallest absolute Gasteiger partial charge is 0.0868 e. The average molecular weight is 304 g/mol. The summed E-state index contributed by atoms with van der Waals surface area (Å²) in [4.78, 5) is 0. The first-order valence-corrected chi connectivity index (χ1v) is 7.41. The third-order valence-electron chi connectivity index (χ3n) is 3.86. The molecule has 0 unspecified atom stereocenters. The summed E-state index contributed by atoms with van der Waals surface area (Å²) in [7, 11) is 1.92. The lowest BCUT2D eigenvalue weighted by Gasteiger charge is -2.06. The fraction of sp³-hybridized carbons (Fsp3) is 0.312. The maximum Gasteiger partial charge on any atom is 0.0868 e. The molecule has 2 aromatic heterocycles. The summed E-state index contributed by atoms with van der Waals surface area (Å²) in [6, 6.07) is 8.07. The Hall–Kier alpha value is -1.78. The Balaban J connectivity index is 2.08. The second-order valence-electron chi connectivity index (χ2n) is 5.14. The van der Waals surface area contributed by atoms with Gasteiger partial charge >= 0.3 is 0 Å². The van der Waals surface area contributed by atoms with Gasteiger partial charge in [-0.05, 0) is 12.5 Å². The second-order valence-corrected chi connectivity index (χ2v) is 5.52. The molecule has 4 nitrogen and oxygen atoms in total. The number of rotatable bonds is 4. The number of fused-ring (bicyclic) bond motifs is 1. The van der Waals surface area contributed by atoms with Crippen molar-refractivity contribution in [2.45, 2.75) is 26.5 Å². The van der Waals surface area contributed by atoms with E-state index in [9.17, 15) is 5.11 Å². The van der Waals surface area contributed by atoms with Crippen LogP contribution in [0.1, 0.15) is 23.9 Å². The largest absolute Gasteiger partial charge is 0.392 e. The van der Waals surface area contributed by atoms with Crippen LogP contribution in [0.3, 0.4) is 0 Å². The zero-order valence-corrected chi connectivity index (χ0v) is 12.9. The summed E-state index contributed by atoms with van der Waals surface area (Å²) in [5.74, 6) is 0. The summed E-state index contributed by atoms with van der Waals surface area (Å²) >= 11 is 6.43. The Morgan fingerprint density at radius 2 is 2.05 bits per heavy atom. The molecule has 0 atom stereocenters. The van der Waals surface area contributed by atoms with Gasteiger partial charge in [0.25, 0.3) is 0 Å². The molecule has 3 aromatic rings. The quantitative estimate of drug-likeness (QED) is 0.804. The van der Waals surface area contributed by atoms with Crippen molar-refractivity contribution >= 4 is 22.5 Å². The predicted molar refractivity (Wildman–Crippen MR) is 84.6 cm³/mol. The summed E-state index contributed by atoms with van der Waals surface area (Å²) in [6.45, 7) is 2.72. The minimum atomic E-state index is 0.0346. The zero-order chi connectivity index (χ0) is 15.0. The van der Waals surface area contributed by atoms with E-state index in [-0.39, 0.29) is 6.61 Å². The highest BCUT2D eigenvalue weighted by atomic mass is 35.5. The number of para-hydroxylation sites is 1. The van der Waals surface area contributed by atoms with Crippen LogP contribution in [0.4, 0.5) is 0 Å². The summed E-state index contributed by atoms with van der Waals surface area (Å²) in [5, 5.41) is 15.8. The number of aliphatic hydroxyl groups is 1. The van der Waals surface area contributed by atoms with Gasteiger partial charge in [0.05, 0.1) is 29.6 Å². The fourth-order valence-corrected chi connectivity index (χ4v) is 3.09. The molecule has 0 bridgehead atoms. The van der Waals surface area contributed by atoms with Gasteiger partial charge in [0, 0.05) is 29.7 Å². The van der Waals surface area contributed by atoms with Gasteiger partial charge in [0.2, 0.25) is 0 Å². The first-order valence-electron chi connectivity index (χ1n) is 7.03. The normalized spacial score (nSPS) is 11.4. The van der Waals surface area contributed by atoms with Crippen LogP contribution in [-0.4, -0.2) is 19.5 Å². The van der Waals surface area contributed by atoms with Crippen molar-refractivity contribution in [3.63, 3.8) is 0 Å². The maximum absolute atomic E-state index is 9.51. The lowest BCUT2D eigenvalue weighted by molar-refractivity contribution is 0.283. The Morgan fingerprint density at radius 1 is 1.29 bits per heavy atom. The predicted octanol–water partition coefficient (Wildman–Crippen LogP) is 3.13. The van der Waals surface area contributed by atoms with E-state index < -0.39 is 0 Å². The van der Waals surface area contributed by atoms with Crippen LogP contribution >= 0.6 is 11.6 Å². The number of aryl methyl sites for hydroxylation is 2. The molecule has 110 valence electrons. The molecular formula is C16H18ClN3O. The van der Waals surface area contributed by atoms with Crippen LogP contribution in [0.2, 0.25) is 5.02 Å². The molecule has 3 rings (SSSR count). The molecule has 1 N–H and O–H groups in total. The molecule has 0 aliphatic heterocycles. The van der Waals surface area contributed by atoms with E-state index in [2.05, 4.69) is 15.7 Å². The van der Waals surface area contributed by atoms with Gasteiger partial charge in [0.15, 0.2) is 0 Å². The first-order chi connectivity index (χ1) is 10.2. The Bertz CT molecular complexity index is 788. The van der Waals surface area contributed by atoms with E-state index in [0.29, 0.717) is 6.54 Å². The van der Waals surface area contributed by atoms with Crippen LogP contribution < -0.4 is 0 Å². The monoisotopic (exact) mass is 303 g/mol. The van der Waals surface area contributed by atoms with Crippen molar-refractivity contribution in [1.82, 2.24) is 14.3 Å². The topological polar surface area (TPSA) is 43.0 Å². The standard InChI is InChI=1S/C16H18ClN3O/c1-3-13-16(17)15(19(2)18-13)9-20-8-11(10-21)12-6-4-5-7-14(12)20/h4-8,21H,3,9-10H2,1-2H3. The van der Waals surface area contributed by atoms with Crippen LogP contribution in [0.25, 0.3) is 10.9 Å². The zero-order valence-electron chi connectivity index (χ0n) is 12.2. The molecule has 0 radical (unpaired) electrons. The third-order valence-corrected chi connectivity index (χ3v) is 4.30. The molecule has 0 aliphatic rings. The molecule has 1 aromatic carbocycles. The Morgan fingerprint density at radius 3 is 2.71 bits per heavy atom. The van der Waals surface area contributed by atoms with Crippen LogP contribution in [0.15, 0.2) is 30.5 Å². The van der Waals surface area contributed by atoms with Gasteiger partial charge < -0.3 is 9.67 Å². The molecule has 0 fully saturated rings. The van der Waals surface area contributed by atoms with Gasteiger partial charge in [-0.25, -0.2) is 0 Å². The van der Waals surface area contributed by atoms with Gasteiger partial charge in [-0.1, -0.05) is 36.7 Å². The number of hydrogen-bond donors (Lipinski definition) is 1. The van der Waals surface area contributed by atoms with Crippen molar-refractivity contribution < 1.29 is 5.11 Å². The molecule has 0 aliphatic carbocycles. The SMILES string of the molecule is CCc1nn(C)c(Cn2cc(CO)c3ccccc32)c1Cl. The average Bonchev–Trinajstić information content (AvgIpc) is 2.99. The number of hydrogen-bond acceptors (Lipinski definition) is 2. The number of halogens is 1. The minimum absolute atomic E-state index is 0.0346. The molecule has 5 heteroatoms. The lowest BCUT2D eigenvalue weighted by atomic mass is 10.2. The molecule has 21 heavy (non-hydrogen) atoms. The van der Waals surface area contributed by atoms with E-state index in [1.54, 1.807) is 0 Å². The molecule has 0 spiro atoms. The Kier molecular flexibility index (Phi) is 3.74. The maximum atomic E-state index is 9.51. The van der Waals surface area contributed by atoms with Gasteiger partial charge in [-0.2, -0.15) is 5.10 Å². The van der Waals surface area contributed by atoms with E-state index in [0.717, 1.165) is 39.3 Å². The summed E-state index contributed by atoms with van der Waals surface area (Å²) in [5.41, 5.74) is 3.93. The first kappa shape index (κ1) is 14.2. The van der Waals surface area contributed by atoms with Crippen molar-refractivity contribution in [1.29, 1.82) is 0 Å². The molecule has 0 amide bonds. The molecule has 0 saturated heterocycles. The van der Waals surface area contributed by atoms with E-state index in [1.165, 1.54) is 0 Å². The van der Waals surface area contributed by atoms with Gasteiger partial charge in [0.1, 0.15) is 0 Å². The van der Waals surface area contributed by atoms with Gasteiger partial charge in [-0.3, -0.25) is 4.68 Å².